The first kappa shape index (κ1) is 14.5. The summed E-state index contributed by atoms with van der Waals surface area (Å²) in [4.78, 5) is 0. The van der Waals surface area contributed by atoms with Crippen LogP contribution >= 0.6 is 11.6 Å². The van der Waals surface area contributed by atoms with E-state index in [0.29, 0.717) is 10.8 Å². The molecule has 0 aliphatic heterocycles. The molecule has 0 amide bonds. The van der Waals surface area contributed by atoms with Gasteiger partial charge in [0.05, 0.1) is 11.3 Å². The zero-order chi connectivity index (χ0) is 14.9. The van der Waals surface area contributed by atoms with Gasteiger partial charge in [-0.2, -0.15) is 13.2 Å². The molecule has 6 heteroatoms. The Morgan fingerprint density at radius 3 is 2.35 bits per heavy atom. The van der Waals surface area contributed by atoms with Crippen LogP contribution in [0, 0.1) is 6.92 Å². The highest BCUT2D eigenvalue weighted by Crippen LogP contribution is 2.35. The molecule has 0 fully saturated rings. The molecule has 2 rings (SSSR count). The van der Waals surface area contributed by atoms with Gasteiger partial charge in [-0.25, -0.2) is 0 Å². The smallest absolute Gasteiger partial charge is 0.416 e. The Bertz CT molecular complexity index is 641. The van der Waals surface area contributed by atoms with E-state index >= 15 is 0 Å². The fourth-order valence-electron chi connectivity index (χ4n) is 1.63. The van der Waals surface area contributed by atoms with E-state index in [1.165, 1.54) is 6.07 Å². The molecule has 20 heavy (non-hydrogen) atoms. The molecule has 2 N–H and O–H groups in total. The van der Waals surface area contributed by atoms with Gasteiger partial charge in [0.25, 0.3) is 0 Å². The molecule has 106 valence electrons. The monoisotopic (exact) mass is 301 g/mol. The summed E-state index contributed by atoms with van der Waals surface area (Å²) in [6.45, 7) is 1.80. The summed E-state index contributed by atoms with van der Waals surface area (Å²) >= 11 is 5.88. The van der Waals surface area contributed by atoms with Crippen molar-refractivity contribution in [3.8, 4) is 11.5 Å². The number of halogens is 4. The Hall–Kier alpha value is -1.88. The number of nitrogen functional groups attached to an aromatic ring is 1. The van der Waals surface area contributed by atoms with Crippen molar-refractivity contribution in [1.82, 2.24) is 0 Å². The lowest BCUT2D eigenvalue weighted by Crippen LogP contribution is -2.06. The third-order valence-corrected chi connectivity index (χ3v) is 3.12. The van der Waals surface area contributed by atoms with Crippen LogP contribution in [0.1, 0.15) is 11.1 Å². The summed E-state index contributed by atoms with van der Waals surface area (Å²) in [5.41, 5.74) is 5.50. The molecule has 2 nitrogen and oxygen atoms in total. The van der Waals surface area contributed by atoms with Crippen molar-refractivity contribution in [2.24, 2.45) is 0 Å². The molecule has 0 atom stereocenters. The van der Waals surface area contributed by atoms with Crippen LogP contribution in [-0.2, 0) is 6.18 Å². The summed E-state index contributed by atoms with van der Waals surface area (Å²) in [5, 5.41) is 0.581. The Kier molecular flexibility index (Phi) is 3.81. The highest BCUT2D eigenvalue weighted by molar-refractivity contribution is 6.31. The summed E-state index contributed by atoms with van der Waals surface area (Å²) < 4.78 is 43.0. The average molecular weight is 302 g/mol. The number of benzene rings is 2. The number of anilines is 1. The normalized spacial score (nSPS) is 11.4. The van der Waals surface area contributed by atoms with E-state index in [2.05, 4.69) is 0 Å². The molecule has 0 aliphatic rings. The highest BCUT2D eigenvalue weighted by atomic mass is 35.5. The van der Waals surface area contributed by atoms with Crippen molar-refractivity contribution in [1.29, 1.82) is 0 Å². The molecule has 0 heterocycles. The summed E-state index contributed by atoms with van der Waals surface area (Å²) in [5.74, 6) is 0.623. The van der Waals surface area contributed by atoms with Gasteiger partial charge in [-0.15, -0.1) is 0 Å². The Morgan fingerprint density at radius 1 is 1.10 bits per heavy atom. The van der Waals surface area contributed by atoms with Gasteiger partial charge < -0.3 is 10.5 Å². The quantitative estimate of drug-likeness (QED) is 0.789. The molecule has 0 bridgehead atoms. The van der Waals surface area contributed by atoms with Crippen molar-refractivity contribution >= 4 is 17.3 Å². The maximum absolute atomic E-state index is 12.5. The lowest BCUT2D eigenvalue weighted by Gasteiger charge is -2.12. The SMILES string of the molecule is Cc1cc(Oc2ccc(C(F)(F)F)cc2N)ccc1Cl. The molecular weight excluding hydrogens is 291 g/mol. The number of hydrogen-bond acceptors (Lipinski definition) is 2. The predicted molar refractivity (Wildman–Crippen MR) is 72.1 cm³/mol. The second-order valence-corrected chi connectivity index (χ2v) is 4.67. The fraction of sp³-hybridized carbons (Fsp3) is 0.143. The topological polar surface area (TPSA) is 35.2 Å². The predicted octanol–water partition coefficient (Wildman–Crippen LogP) is 5.04. The number of ether oxygens (including phenoxy) is 1. The minimum Gasteiger partial charge on any atom is -0.455 e. The van der Waals surface area contributed by atoms with Gasteiger partial charge in [0.2, 0.25) is 0 Å². The number of aryl methyl sites for hydroxylation is 1. The van der Waals surface area contributed by atoms with E-state index in [1.807, 2.05) is 0 Å². The molecule has 2 aromatic rings. The van der Waals surface area contributed by atoms with Crippen molar-refractivity contribution in [3.63, 3.8) is 0 Å². The molecule has 2 aromatic carbocycles. The first-order chi connectivity index (χ1) is 9.27. The lowest BCUT2D eigenvalue weighted by atomic mass is 10.2. The zero-order valence-electron chi connectivity index (χ0n) is 10.5. The molecular formula is C14H11ClF3NO. The van der Waals surface area contributed by atoms with E-state index in [-0.39, 0.29) is 11.4 Å². The summed E-state index contributed by atoms with van der Waals surface area (Å²) in [7, 11) is 0. The van der Waals surface area contributed by atoms with Gasteiger partial charge in [-0.3, -0.25) is 0 Å². The number of alkyl halides is 3. The lowest BCUT2D eigenvalue weighted by molar-refractivity contribution is -0.137. The van der Waals surface area contributed by atoms with E-state index in [4.69, 9.17) is 22.1 Å². The minimum absolute atomic E-state index is 0.0765. The Balaban J connectivity index is 2.28. The number of nitrogens with two attached hydrogens (primary N) is 1. The fourth-order valence-corrected chi connectivity index (χ4v) is 1.74. The Labute approximate surface area is 118 Å². The first-order valence-electron chi connectivity index (χ1n) is 5.68. The van der Waals surface area contributed by atoms with Crippen LogP contribution in [-0.4, -0.2) is 0 Å². The van der Waals surface area contributed by atoms with Crippen LogP contribution < -0.4 is 10.5 Å². The zero-order valence-corrected chi connectivity index (χ0v) is 11.2. The van der Waals surface area contributed by atoms with Gasteiger partial charge in [-0.1, -0.05) is 11.6 Å². The van der Waals surface area contributed by atoms with Crippen molar-refractivity contribution in [2.75, 3.05) is 5.73 Å². The van der Waals surface area contributed by atoms with Crippen LogP contribution in [0.25, 0.3) is 0 Å². The third-order valence-electron chi connectivity index (χ3n) is 2.69. The molecule has 0 spiro atoms. The minimum atomic E-state index is -4.43. The second-order valence-electron chi connectivity index (χ2n) is 4.26. The van der Waals surface area contributed by atoms with Crippen LogP contribution in [0.4, 0.5) is 18.9 Å². The number of hydrogen-bond donors (Lipinski definition) is 1. The highest BCUT2D eigenvalue weighted by Gasteiger charge is 2.30. The number of rotatable bonds is 2. The van der Waals surface area contributed by atoms with Gasteiger partial charge in [-0.05, 0) is 48.9 Å². The van der Waals surface area contributed by atoms with Gasteiger partial charge >= 0.3 is 6.18 Å². The largest absolute Gasteiger partial charge is 0.455 e. The van der Waals surface area contributed by atoms with Gasteiger partial charge in [0.1, 0.15) is 11.5 Å². The van der Waals surface area contributed by atoms with Crippen molar-refractivity contribution in [2.45, 2.75) is 13.1 Å². The summed E-state index contributed by atoms with van der Waals surface area (Å²) in [6.07, 6.45) is -4.43. The van der Waals surface area contributed by atoms with Crippen LogP contribution in [0.5, 0.6) is 11.5 Å². The van der Waals surface area contributed by atoms with E-state index in [9.17, 15) is 13.2 Å². The standard InChI is InChI=1S/C14H11ClF3NO/c1-8-6-10(3-4-11(8)15)20-13-5-2-9(7-12(13)19)14(16,17)18/h2-7H,19H2,1H3. The molecule has 0 saturated carbocycles. The first-order valence-corrected chi connectivity index (χ1v) is 6.06. The molecule has 0 saturated heterocycles. The molecule has 0 radical (unpaired) electrons. The van der Waals surface area contributed by atoms with Crippen LogP contribution in [0.2, 0.25) is 5.02 Å². The average Bonchev–Trinajstić information content (AvgIpc) is 2.35. The Morgan fingerprint density at radius 2 is 1.80 bits per heavy atom. The molecule has 0 unspecified atom stereocenters. The van der Waals surface area contributed by atoms with Gasteiger partial charge in [0, 0.05) is 5.02 Å². The summed E-state index contributed by atoms with van der Waals surface area (Å²) in [6, 6.07) is 7.91. The van der Waals surface area contributed by atoms with E-state index in [1.54, 1.807) is 25.1 Å². The molecule has 0 aromatic heterocycles. The van der Waals surface area contributed by atoms with Crippen LogP contribution in [0.3, 0.4) is 0 Å². The van der Waals surface area contributed by atoms with E-state index in [0.717, 1.165) is 17.7 Å². The van der Waals surface area contributed by atoms with Crippen molar-refractivity contribution < 1.29 is 17.9 Å². The maximum Gasteiger partial charge on any atom is 0.416 e. The van der Waals surface area contributed by atoms with Crippen molar-refractivity contribution in [3.05, 3.63) is 52.5 Å². The van der Waals surface area contributed by atoms with E-state index < -0.39 is 11.7 Å². The van der Waals surface area contributed by atoms with Gasteiger partial charge in [0.15, 0.2) is 0 Å². The second kappa shape index (κ2) is 5.25. The molecule has 0 aliphatic carbocycles. The maximum atomic E-state index is 12.5. The van der Waals surface area contributed by atoms with Crippen LogP contribution in [0.15, 0.2) is 36.4 Å². The third kappa shape index (κ3) is 3.17.